The second kappa shape index (κ2) is 10.6. The fraction of sp³-hybridized carbons (Fsp3) is 0.190. The molecule has 0 fully saturated rings. The van der Waals surface area contributed by atoms with Crippen LogP contribution in [0.3, 0.4) is 0 Å². The van der Waals surface area contributed by atoms with Gasteiger partial charge in [0.1, 0.15) is 0 Å². The number of carbonyl (C=O) groups excluding carboxylic acids is 2. The van der Waals surface area contributed by atoms with Gasteiger partial charge in [0.05, 0.1) is 29.1 Å². The van der Waals surface area contributed by atoms with Gasteiger partial charge in [-0.15, -0.1) is 11.7 Å². The maximum absolute atomic E-state index is 12.6. The minimum absolute atomic E-state index is 0.109. The third-order valence-electron chi connectivity index (χ3n) is 4.52. The Kier molecular flexibility index (Phi) is 7.89. The quantitative estimate of drug-likeness (QED) is 0.164. The molecule has 0 aliphatic carbocycles. The lowest BCUT2D eigenvalue weighted by Crippen LogP contribution is -2.33. The van der Waals surface area contributed by atoms with Gasteiger partial charge in [-0.1, -0.05) is 40.6 Å². The number of H-pyrrole nitrogens is 1. The number of rotatable bonds is 9. The van der Waals surface area contributed by atoms with Crippen molar-refractivity contribution < 1.29 is 14.7 Å². The molecule has 162 valence electrons. The standard InChI is InChI=1S/C21H21ClN4O3S2/c1-2-12(7-8-23-11-15(27)24-9-10-31-30)18-16-17(21(29)25-18)19(26-20(16)28)13-3-5-14(22)6-4-13/h2-8,23,26,28,30H,9-11H2,1H3,(H,24,27)/b8-7-,12-2+. The number of benzene rings is 1. The molecule has 1 aliphatic heterocycles. The number of hydrogen-bond acceptors (Lipinski definition) is 6. The molecule has 4 N–H and O–H groups in total. The molecular weight excluding hydrogens is 456 g/mol. The van der Waals surface area contributed by atoms with Gasteiger partial charge < -0.3 is 20.7 Å². The summed E-state index contributed by atoms with van der Waals surface area (Å²) < 4.78 is 0. The molecule has 31 heavy (non-hydrogen) atoms. The van der Waals surface area contributed by atoms with Crippen LogP contribution >= 0.6 is 34.1 Å². The predicted molar refractivity (Wildman–Crippen MR) is 129 cm³/mol. The van der Waals surface area contributed by atoms with Gasteiger partial charge in [0, 0.05) is 17.3 Å². The first-order chi connectivity index (χ1) is 15.0. The Hall–Kier alpha value is -2.62. The fourth-order valence-electron chi connectivity index (χ4n) is 3.10. The molecule has 0 radical (unpaired) electrons. The number of fused-ring (bicyclic) bond motifs is 1. The van der Waals surface area contributed by atoms with Crippen molar-refractivity contribution in [2.45, 2.75) is 6.92 Å². The van der Waals surface area contributed by atoms with Crippen molar-refractivity contribution in [2.24, 2.45) is 4.99 Å². The molecule has 1 aromatic carbocycles. The van der Waals surface area contributed by atoms with Crippen molar-refractivity contribution in [2.75, 3.05) is 18.8 Å². The van der Waals surface area contributed by atoms with Crippen LogP contribution in [0.25, 0.3) is 11.3 Å². The largest absolute Gasteiger partial charge is 0.494 e. The molecule has 0 saturated carbocycles. The summed E-state index contributed by atoms with van der Waals surface area (Å²) in [5.41, 5.74) is 2.87. The molecule has 0 spiro atoms. The number of carbonyl (C=O) groups is 2. The molecule has 0 unspecified atom stereocenters. The summed E-state index contributed by atoms with van der Waals surface area (Å²) in [4.78, 5) is 31.4. The van der Waals surface area contributed by atoms with Crippen LogP contribution in [0.1, 0.15) is 22.8 Å². The monoisotopic (exact) mass is 476 g/mol. The maximum Gasteiger partial charge on any atom is 0.280 e. The summed E-state index contributed by atoms with van der Waals surface area (Å²) in [6, 6.07) is 6.95. The van der Waals surface area contributed by atoms with Crippen LogP contribution in [0.5, 0.6) is 5.88 Å². The highest BCUT2D eigenvalue weighted by molar-refractivity contribution is 8.68. The van der Waals surface area contributed by atoms with Crippen molar-refractivity contribution in [3.05, 3.63) is 64.3 Å². The smallest absolute Gasteiger partial charge is 0.280 e. The van der Waals surface area contributed by atoms with Crippen molar-refractivity contribution in [3.8, 4) is 17.1 Å². The first-order valence-corrected chi connectivity index (χ1v) is 11.8. The molecule has 2 heterocycles. The minimum Gasteiger partial charge on any atom is -0.494 e. The summed E-state index contributed by atoms with van der Waals surface area (Å²) in [5, 5.41) is 16.7. The first-order valence-electron chi connectivity index (χ1n) is 9.40. The highest BCUT2D eigenvalue weighted by Crippen LogP contribution is 2.38. The second-order valence-corrected chi connectivity index (χ2v) is 8.39. The molecule has 1 aromatic heterocycles. The molecular formula is C21H21ClN4O3S2. The molecule has 0 saturated heterocycles. The third-order valence-corrected chi connectivity index (χ3v) is 5.71. The van der Waals surface area contributed by atoms with Gasteiger partial charge in [0.2, 0.25) is 5.91 Å². The van der Waals surface area contributed by atoms with E-state index in [0.29, 0.717) is 45.2 Å². The fourth-order valence-corrected chi connectivity index (χ4v) is 3.69. The Labute approximate surface area is 193 Å². The zero-order chi connectivity index (χ0) is 22.4. The van der Waals surface area contributed by atoms with Gasteiger partial charge >= 0.3 is 0 Å². The number of nitrogens with zero attached hydrogens (tertiary/aromatic N) is 1. The first kappa shape index (κ1) is 23.1. The van der Waals surface area contributed by atoms with E-state index in [0.717, 1.165) is 5.75 Å². The van der Waals surface area contributed by atoms with Gasteiger partial charge in [-0.3, -0.25) is 9.59 Å². The average molecular weight is 477 g/mol. The van der Waals surface area contributed by atoms with Crippen LogP contribution in [0.2, 0.25) is 5.02 Å². The number of hydrogen-bond donors (Lipinski definition) is 5. The van der Waals surface area contributed by atoms with Gasteiger partial charge in [0.25, 0.3) is 5.91 Å². The van der Waals surface area contributed by atoms with E-state index in [9.17, 15) is 14.7 Å². The zero-order valence-corrected chi connectivity index (χ0v) is 19.1. The van der Waals surface area contributed by atoms with Crippen LogP contribution in [0.15, 0.2) is 53.2 Å². The van der Waals surface area contributed by atoms with Crippen molar-refractivity contribution >= 4 is 51.6 Å². The number of amides is 2. The van der Waals surface area contributed by atoms with E-state index in [4.69, 9.17) is 11.6 Å². The number of aromatic hydroxyl groups is 1. The SMILES string of the molecule is C/C=C(\C=C/NCC(=O)NCCSS)C1=NC(=O)c2c(-c3ccc(Cl)cc3)[nH]c(O)c21. The lowest BCUT2D eigenvalue weighted by molar-refractivity contribution is -0.119. The topological polar surface area (TPSA) is 107 Å². The van der Waals surface area contributed by atoms with Gasteiger partial charge in [-0.2, -0.15) is 0 Å². The van der Waals surface area contributed by atoms with Gasteiger partial charge in [0.15, 0.2) is 5.88 Å². The third kappa shape index (κ3) is 5.36. The summed E-state index contributed by atoms with van der Waals surface area (Å²) in [6.45, 7) is 2.46. The van der Waals surface area contributed by atoms with E-state index in [2.05, 4.69) is 32.3 Å². The van der Waals surface area contributed by atoms with Crippen LogP contribution in [-0.4, -0.2) is 46.5 Å². The summed E-state index contributed by atoms with van der Waals surface area (Å²) in [6.07, 6.45) is 5.08. The van der Waals surface area contributed by atoms with E-state index >= 15 is 0 Å². The molecule has 1 aliphatic rings. The van der Waals surface area contributed by atoms with Crippen LogP contribution in [0, 0.1) is 0 Å². The molecule has 2 aromatic rings. The number of halogens is 1. The minimum atomic E-state index is -0.436. The number of aromatic nitrogens is 1. The molecule has 3 rings (SSSR count). The van der Waals surface area contributed by atoms with E-state index in [1.807, 2.05) is 0 Å². The van der Waals surface area contributed by atoms with Crippen LogP contribution in [-0.2, 0) is 4.79 Å². The average Bonchev–Trinajstić information content (AvgIpc) is 3.27. The summed E-state index contributed by atoms with van der Waals surface area (Å²) in [7, 11) is 1.36. The Balaban J connectivity index is 1.76. The molecule has 0 bridgehead atoms. The lowest BCUT2D eigenvalue weighted by atomic mass is 10.00. The van der Waals surface area contributed by atoms with Gasteiger partial charge in [-0.25, -0.2) is 4.99 Å². The predicted octanol–water partition coefficient (Wildman–Crippen LogP) is 3.73. The molecule has 2 amide bonds. The van der Waals surface area contributed by atoms with E-state index in [-0.39, 0.29) is 18.3 Å². The Morgan fingerprint density at radius 1 is 1.32 bits per heavy atom. The Bertz CT molecular complexity index is 1080. The summed E-state index contributed by atoms with van der Waals surface area (Å²) in [5.74, 6) is 0.0165. The maximum atomic E-state index is 12.6. The zero-order valence-electron chi connectivity index (χ0n) is 16.6. The van der Waals surface area contributed by atoms with Crippen LogP contribution < -0.4 is 10.6 Å². The van der Waals surface area contributed by atoms with E-state index < -0.39 is 5.91 Å². The highest BCUT2D eigenvalue weighted by atomic mass is 35.5. The van der Waals surface area contributed by atoms with E-state index in [1.165, 1.54) is 10.8 Å². The molecule has 7 nitrogen and oxygen atoms in total. The second-order valence-electron chi connectivity index (χ2n) is 6.51. The Morgan fingerprint density at radius 2 is 2.06 bits per heavy atom. The molecule has 0 atom stereocenters. The van der Waals surface area contributed by atoms with Crippen molar-refractivity contribution in [1.29, 1.82) is 0 Å². The van der Waals surface area contributed by atoms with Crippen LogP contribution in [0.4, 0.5) is 0 Å². The van der Waals surface area contributed by atoms with Crippen molar-refractivity contribution in [3.63, 3.8) is 0 Å². The van der Waals surface area contributed by atoms with E-state index in [1.54, 1.807) is 49.5 Å². The van der Waals surface area contributed by atoms with Gasteiger partial charge in [-0.05, 0) is 42.5 Å². The number of thiol groups is 1. The number of aromatic amines is 1. The number of nitrogens with one attached hydrogen (secondary N) is 3. The highest BCUT2D eigenvalue weighted by Gasteiger charge is 2.33. The number of allylic oxidation sites excluding steroid dienone is 3. The Morgan fingerprint density at radius 3 is 2.74 bits per heavy atom. The molecule has 10 heteroatoms. The summed E-state index contributed by atoms with van der Waals surface area (Å²) >= 11 is 9.96. The number of aliphatic imine (C=N–C) groups is 1. The lowest BCUT2D eigenvalue weighted by Gasteiger charge is -2.05. The normalized spacial score (nSPS) is 13.5. The van der Waals surface area contributed by atoms with Crippen molar-refractivity contribution in [1.82, 2.24) is 15.6 Å².